The average Bonchev–Trinajstić information content (AvgIpc) is 2.74. The van der Waals surface area contributed by atoms with Gasteiger partial charge in [-0.05, 0) is 18.2 Å². The van der Waals surface area contributed by atoms with Gasteiger partial charge in [-0.15, -0.1) is 0 Å². The van der Waals surface area contributed by atoms with Crippen LogP contribution in [0.1, 0.15) is 6.42 Å². The van der Waals surface area contributed by atoms with E-state index < -0.39 is 18.7 Å². The summed E-state index contributed by atoms with van der Waals surface area (Å²) < 4.78 is 40.7. The van der Waals surface area contributed by atoms with Crippen LogP contribution in [0.25, 0.3) is 10.2 Å². The molecule has 114 valence electrons. The Morgan fingerprint density at radius 1 is 1.43 bits per heavy atom. The zero-order valence-electron chi connectivity index (χ0n) is 10.7. The van der Waals surface area contributed by atoms with E-state index in [1.165, 1.54) is 11.3 Å². The molecule has 0 unspecified atom stereocenters. The van der Waals surface area contributed by atoms with E-state index in [-0.39, 0.29) is 13.0 Å². The van der Waals surface area contributed by atoms with Gasteiger partial charge < -0.3 is 15.8 Å². The SMILES string of the molecule is Nc1ccc2nc(NC(=O)CCOCC(F)(F)F)sc2c1. The fraction of sp³-hybridized carbons (Fsp3) is 0.333. The number of aromatic nitrogens is 1. The fourth-order valence-corrected chi connectivity index (χ4v) is 2.46. The maximum Gasteiger partial charge on any atom is 0.411 e. The predicted molar refractivity (Wildman–Crippen MR) is 74.2 cm³/mol. The molecule has 5 nitrogen and oxygen atoms in total. The van der Waals surface area contributed by atoms with Crippen LogP contribution in [0, 0.1) is 0 Å². The van der Waals surface area contributed by atoms with Gasteiger partial charge >= 0.3 is 6.18 Å². The maximum atomic E-state index is 11.8. The van der Waals surface area contributed by atoms with Crippen LogP contribution in [0.2, 0.25) is 0 Å². The van der Waals surface area contributed by atoms with Crippen LogP contribution in [-0.2, 0) is 9.53 Å². The Bertz CT molecular complexity index is 642. The molecule has 0 aliphatic heterocycles. The van der Waals surface area contributed by atoms with Crippen molar-refractivity contribution in [2.24, 2.45) is 0 Å². The van der Waals surface area contributed by atoms with Crippen LogP contribution in [-0.4, -0.2) is 30.3 Å². The first-order chi connectivity index (χ1) is 9.83. The maximum absolute atomic E-state index is 11.8. The van der Waals surface area contributed by atoms with Crippen molar-refractivity contribution < 1.29 is 22.7 Å². The minimum absolute atomic E-state index is 0.172. The molecule has 1 aromatic heterocycles. The summed E-state index contributed by atoms with van der Waals surface area (Å²) in [5.74, 6) is -0.454. The van der Waals surface area contributed by atoms with Crippen LogP contribution in [0.5, 0.6) is 0 Å². The number of nitrogens with zero attached hydrogens (tertiary/aromatic N) is 1. The molecule has 2 aromatic rings. The standard InChI is InChI=1S/C12H12F3N3O2S/c13-12(14,15)6-20-4-3-10(19)18-11-17-8-2-1-7(16)5-9(8)21-11/h1-2,5H,3-4,6,16H2,(H,17,18,19). The topological polar surface area (TPSA) is 77.2 Å². The van der Waals surface area contributed by atoms with Gasteiger partial charge in [0.1, 0.15) is 6.61 Å². The van der Waals surface area contributed by atoms with Crippen molar-refractivity contribution in [2.45, 2.75) is 12.6 Å². The Morgan fingerprint density at radius 3 is 2.90 bits per heavy atom. The lowest BCUT2D eigenvalue weighted by Gasteiger charge is -2.06. The van der Waals surface area contributed by atoms with Gasteiger partial charge in [-0.1, -0.05) is 11.3 Å². The number of alkyl halides is 3. The first-order valence-corrected chi connectivity index (χ1v) is 6.75. The average molecular weight is 319 g/mol. The number of nitrogens with one attached hydrogen (secondary N) is 1. The normalized spacial score (nSPS) is 11.8. The molecule has 3 N–H and O–H groups in total. The highest BCUT2D eigenvalue weighted by molar-refractivity contribution is 7.22. The molecule has 0 saturated carbocycles. The van der Waals surface area contributed by atoms with Gasteiger partial charge in [-0.3, -0.25) is 4.79 Å². The molecule has 0 aliphatic rings. The molecule has 0 fully saturated rings. The number of hydrogen-bond acceptors (Lipinski definition) is 5. The number of fused-ring (bicyclic) bond motifs is 1. The molecule has 9 heteroatoms. The molecular weight excluding hydrogens is 307 g/mol. The number of amides is 1. The summed E-state index contributed by atoms with van der Waals surface area (Å²) in [6, 6.07) is 5.15. The molecule has 1 aromatic carbocycles. The third-order valence-corrected chi connectivity index (χ3v) is 3.33. The third-order valence-electron chi connectivity index (χ3n) is 2.40. The Balaban J connectivity index is 1.84. The number of thiazole rings is 1. The quantitative estimate of drug-likeness (QED) is 0.656. The van der Waals surface area contributed by atoms with E-state index in [1.807, 2.05) is 0 Å². The highest BCUT2D eigenvalue weighted by atomic mass is 32.1. The molecule has 0 aliphatic carbocycles. The van der Waals surface area contributed by atoms with E-state index in [4.69, 9.17) is 5.73 Å². The van der Waals surface area contributed by atoms with Crippen LogP contribution in [0.3, 0.4) is 0 Å². The Labute approximate surface area is 121 Å². The van der Waals surface area contributed by atoms with Crippen molar-refractivity contribution in [1.82, 2.24) is 4.98 Å². The lowest BCUT2D eigenvalue weighted by atomic mass is 10.3. The van der Waals surface area contributed by atoms with Crippen molar-refractivity contribution in [3.05, 3.63) is 18.2 Å². The smallest absolute Gasteiger partial charge is 0.399 e. The van der Waals surface area contributed by atoms with Crippen LogP contribution < -0.4 is 11.1 Å². The van der Waals surface area contributed by atoms with E-state index in [1.54, 1.807) is 18.2 Å². The number of rotatable bonds is 5. The van der Waals surface area contributed by atoms with Crippen LogP contribution in [0.4, 0.5) is 24.0 Å². The van der Waals surface area contributed by atoms with E-state index in [0.29, 0.717) is 16.3 Å². The first-order valence-electron chi connectivity index (χ1n) is 5.94. The fourth-order valence-electron chi connectivity index (χ4n) is 1.53. The molecule has 1 amide bonds. The monoisotopic (exact) mass is 319 g/mol. The van der Waals surface area contributed by atoms with Crippen molar-refractivity contribution in [1.29, 1.82) is 0 Å². The summed E-state index contributed by atoms with van der Waals surface area (Å²) in [5.41, 5.74) is 6.91. The summed E-state index contributed by atoms with van der Waals surface area (Å²) in [7, 11) is 0. The Kier molecular flexibility index (Phi) is 4.63. The summed E-state index contributed by atoms with van der Waals surface area (Å²) in [6.45, 7) is -1.66. The van der Waals surface area contributed by atoms with Gasteiger partial charge in [0.15, 0.2) is 5.13 Å². The van der Waals surface area contributed by atoms with Crippen molar-refractivity contribution in [3.63, 3.8) is 0 Å². The van der Waals surface area contributed by atoms with E-state index in [2.05, 4.69) is 15.0 Å². The van der Waals surface area contributed by atoms with Crippen molar-refractivity contribution in [2.75, 3.05) is 24.3 Å². The van der Waals surface area contributed by atoms with E-state index in [9.17, 15) is 18.0 Å². The molecular formula is C12H12F3N3O2S. The number of hydrogen-bond donors (Lipinski definition) is 2. The second-order valence-corrected chi connectivity index (χ2v) is 5.24. The molecule has 2 rings (SSSR count). The van der Waals surface area contributed by atoms with E-state index >= 15 is 0 Å². The molecule has 0 saturated heterocycles. The molecule has 0 atom stereocenters. The lowest BCUT2D eigenvalue weighted by Crippen LogP contribution is -2.20. The minimum Gasteiger partial charge on any atom is -0.399 e. The van der Waals surface area contributed by atoms with Gasteiger partial charge in [-0.2, -0.15) is 13.2 Å². The summed E-state index contributed by atoms with van der Waals surface area (Å²) in [5, 5.41) is 2.89. The number of carbonyl (C=O) groups is 1. The van der Waals surface area contributed by atoms with Gasteiger partial charge in [0, 0.05) is 5.69 Å². The molecule has 0 bridgehead atoms. The number of nitrogens with two attached hydrogens (primary N) is 1. The number of benzene rings is 1. The second kappa shape index (κ2) is 6.27. The highest BCUT2D eigenvalue weighted by Gasteiger charge is 2.27. The Morgan fingerprint density at radius 2 is 2.19 bits per heavy atom. The number of nitrogen functional groups attached to an aromatic ring is 1. The molecule has 1 heterocycles. The second-order valence-electron chi connectivity index (χ2n) is 4.21. The number of halogens is 3. The molecule has 21 heavy (non-hydrogen) atoms. The van der Waals surface area contributed by atoms with Crippen molar-refractivity contribution in [3.8, 4) is 0 Å². The summed E-state index contributed by atoms with van der Waals surface area (Å²) in [6.07, 6.45) is -4.56. The summed E-state index contributed by atoms with van der Waals surface area (Å²) in [4.78, 5) is 15.7. The first kappa shape index (κ1) is 15.5. The number of anilines is 2. The largest absolute Gasteiger partial charge is 0.411 e. The number of ether oxygens (including phenoxy) is 1. The van der Waals surface area contributed by atoms with Gasteiger partial charge in [0.2, 0.25) is 5.91 Å². The molecule has 0 radical (unpaired) electrons. The Hall–Kier alpha value is -1.87. The van der Waals surface area contributed by atoms with Gasteiger partial charge in [0.25, 0.3) is 0 Å². The van der Waals surface area contributed by atoms with Gasteiger partial charge in [0.05, 0.1) is 23.2 Å². The molecule has 0 spiro atoms. The van der Waals surface area contributed by atoms with Crippen LogP contribution in [0.15, 0.2) is 18.2 Å². The highest BCUT2D eigenvalue weighted by Crippen LogP contribution is 2.27. The third kappa shape index (κ3) is 4.87. The predicted octanol–water partition coefficient (Wildman–Crippen LogP) is 2.79. The summed E-state index contributed by atoms with van der Waals surface area (Å²) >= 11 is 1.24. The zero-order chi connectivity index (χ0) is 15.5. The lowest BCUT2D eigenvalue weighted by molar-refractivity contribution is -0.174. The van der Waals surface area contributed by atoms with Crippen molar-refractivity contribution >= 4 is 38.3 Å². The minimum atomic E-state index is -4.39. The van der Waals surface area contributed by atoms with E-state index in [0.717, 1.165) is 4.70 Å². The number of carbonyl (C=O) groups excluding carboxylic acids is 1. The van der Waals surface area contributed by atoms with Crippen LogP contribution >= 0.6 is 11.3 Å². The zero-order valence-corrected chi connectivity index (χ0v) is 11.6. The van der Waals surface area contributed by atoms with Gasteiger partial charge in [-0.25, -0.2) is 4.98 Å².